The van der Waals surface area contributed by atoms with E-state index in [-0.39, 0.29) is 24.8 Å². The molecule has 0 bridgehead atoms. The summed E-state index contributed by atoms with van der Waals surface area (Å²) < 4.78 is 5.26. The second kappa shape index (κ2) is 7.13. The number of hydrogen-bond donors (Lipinski definition) is 2. The van der Waals surface area contributed by atoms with Crippen molar-refractivity contribution in [2.75, 3.05) is 32.1 Å². The van der Waals surface area contributed by atoms with Gasteiger partial charge in [-0.05, 0) is 12.1 Å². The fourth-order valence-electron chi connectivity index (χ4n) is 2.98. The van der Waals surface area contributed by atoms with Crippen LogP contribution in [0.2, 0.25) is 0 Å². The van der Waals surface area contributed by atoms with E-state index in [0.717, 1.165) is 10.6 Å². The molecule has 1 aromatic carbocycles. The maximum absolute atomic E-state index is 12.5. The molecule has 0 spiro atoms. The molecule has 0 aromatic heterocycles. The fourth-order valence-corrected chi connectivity index (χ4v) is 4.08. The number of nitrogens with one attached hydrogen (secondary N) is 1. The molecule has 6 nitrogen and oxygen atoms in total. The van der Waals surface area contributed by atoms with Crippen LogP contribution in [0.5, 0.6) is 0 Å². The Bertz CT molecular complexity index is 631. The number of anilines is 1. The molecule has 2 N–H and O–H groups in total. The molecule has 1 aromatic rings. The van der Waals surface area contributed by atoms with E-state index in [9.17, 15) is 14.7 Å². The number of carbonyl (C=O) groups excluding carboxylic acids is 2. The van der Waals surface area contributed by atoms with Crippen LogP contribution in [0.25, 0.3) is 0 Å². The Balaban J connectivity index is 1.59. The summed E-state index contributed by atoms with van der Waals surface area (Å²) in [7, 11) is 1.68. The van der Waals surface area contributed by atoms with Crippen molar-refractivity contribution in [3.63, 3.8) is 0 Å². The van der Waals surface area contributed by atoms with Crippen LogP contribution in [-0.2, 0) is 14.3 Å². The molecular formula is C17H22N2O4S. The first-order valence-corrected chi connectivity index (χ1v) is 8.95. The number of fused-ring (bicyclic) bond motifs is 1. The topological polar surface area (TPSA) is 78.9 Å². The molecular weight excluding hydrogens is 328 g/mol. The Labute approximate surface area is 145 Å². The lowest BCUT2D eigenvalue weighted by atomic mass is 9.94. The number of amides is 2. The van der Waals surface area contributed by atoms with Gasteiger partial charge in [-0.15, -0.1) is 11.8 Å². The summed E-state index contributed by atoms with van der Waals surface area (Å²) in [6, 6.07) is 7.57. The monoisotopic (exact) mass is 350 g/mol. The van der Waals surface area contributed by atoms with E-state index in [1.165, 1.54) is 16.7 Å². The van der Waals surface area contributed by atoms with Crippen LogP contribution >= 0.6 is 11.8 Å². The highest BCUT2D eigenvalue weighted by Gasteiger charge is 2.34. The number of para-hydroxylation sites is 1. The van der Waals surface area contributed by atoms with E-state index >= 15 is 0 Å². The molecule has 3 rings (SSSR count). The van der Waals surface area contributed by atoms with Gasteiger partial charge in [0.15, 0.2) is 0 Å². The average molecular weight is 350 g/mol. The van der Waals surface area contributed by atoms with Crippen molar-refractivity contribution >= 4 is 29.3 Å². The number of likely N-dealkylation sites (N-methyl/N-ethyl adjacent to an activating group) is 1. The van der Waals surface area contributed by atoms with Gasteiger partial charge in [0.25, 0.3) is 0 Å². The van der Waals surface area contributed by atoms with Gasteiger partial charge in [0.05, 0.1) is 16.5 Å². The fraction of sp³-hybridized carbons (Fsp3) is 0.529. The highest BCUT2D eigenvalue weighted by molar-refractivity contribution is 8.01. The molecule has 1 fully saturated rings. The summed E-state index contributed by atoms with van der Waals surface area (Å²) >= 11 is 1.41. The van der Waals surface area contributed by atoms with Gasteiger partial charge in [0.1, 0.15) is 0 Å². The number of thioether (sulfide) groups is 1. The number of nitrogens with zero attached hydrogens (tertiary/aromatic N) is 1. The first kappa shape index (κ1) is 17.3. The Morgan fingerprint density at radius 2 is 2.12 bits per heavy atom. The molecule has 1 saturated heterocycles. The molecule has 2 amide bonds. The van der Waals surface area contributed by atoms with Crippen LogP contribution in [-0.4, -0.2) is 59.5 Å². The van der Waals surface area contributed by atoms with Crippen LogP contribution in [0, 0.1) is 0 Å². The van der Waals surface area contributed by atoms with Crippen molar-refractivity contribution < 1.29 is 19.4 Å². The van der Waals surface area contributed by atoms with E-state index in [0.29, 0.717) is 26.1 Å². The summed E-state index contributed by atoms with van der Waals surface area (Å²) in [5.74, 6) is -0.285. The van der Waals surface area contributed by atoms with Gasteiger partial charge < -0.3 is 20.1 Å². The van der Waals surface area contributed by atoms with E-state index < -0.39 is 10.9 Å². The van der Waals surface area contributed by atoms with Crippen molar-refractivity contribution in [2.24, 2.45) is 0 Å². The maximum atomic E-state index is 12.5. The van der Waals surface area contributed by atoms with E-state index in [4.69, 9.17) is 4.74 Å². The lowest BCUT2D eigenvalue weighted by Gasteiger charge is -2.35. The first-order chi connectivity index (χ1) is 11.5. The smallest absolute Gasteiger partial charge is 0.238 e. The molecule has 2 aliphatic rings. The van der Waals surface area contributed by atoms with E-state index in [2.05, 4.69) is 5.32 Å². The minimum Gasteiger partial charge on any atom is -0.388 e. The van der Waals surface area contributed by atoms with Crippen molar-refractivity contribution in [3.8, 4) is 0 Å². The van der Waals surface area contributed by atoms with Crippen LogP contribution in [0.4, 0.5) is 5.69 Å². The number of rotatable bonds is 4. The number of ether oxygens (including phenoxy) is 1. The number of aliphatic hydroxyl groups is 1. The number of carbonyl (C=O) groups is 2. The summed E-state index contributed by atoms with van der Waals surface area (Å²) in [5.41, 5.74) is -0.0990. The Morgan fingerprint density at radius 3 is 2.88 bits per heavy atom. The normalized spacial score (nSPS) is 22.4. The molecule has 2 aliphatic heterocycles. The summed E-state index contributed by atoms with van der Waals surface area (Å²) in [4.78, 5) is 27.2. The summed E-state index contributed by atoms with van der Waals surface area (Å²) in [6.07, 6.45) is 1.17. The standard InChI is InChI=1S/C17H22N2O4S/c1-19(11-17(22)6-8-23-9-7-17)15(20)10-14-16(21)18-12-4-2-3-5-13(12)24-14/h2-5,14,22H,6-11H2,1H3,(H,18,21). The van der Waals surface area contributed by atoms with Gasteiger partial charge >= 0.3 is 0 Å². The van der Waals surface area contributed by atoms with Gasteiger partial charge in [0.2, 0.25) is 11.8 Å². The third kappa shape index (κ3) is 3.91. The molecule has 1 atom stereocenters. The highest BCUT2D eigenvalue weighted by atomic mass is 32.2. The quantitative estimate of drug-likeness (QED) is 0.860. The molecule has 2 heterocycles. The number of hydrogen-bond acceptors (Lipinski definition) is 5. The predicted molar refractivity (Wildman–Crippen MR) is 92.0 cm³/mol. The molecule has 0 radical (unpaired) electrons. The van der Waals surface area contributed by atoms with Crippen LogP contribution < -0.4 is 5.32 Å². The zero-order valence-corrected chi connectivity index (χ0v) is 14.5. The minimum atomic E-state index is -0.892. The van der Waals surface area contributed by atoms with Crippen molar-refractivity contribution in [3.05, 3.63) is 24.3 Å². The average Bonchev–Trinajstić information content (AvgIpc) is 2.55. The van der Waals surface area contributed by atoms with Crippen LogP contribution in [0.15, 0.2) is 29.2 Å². The Kier molecular flexibility index (Phi) is 5.12. The SMILES string of the molecule is CN(CC1(O)CCOCC1)C(=O)CC1Sc2ccccc2NC1=O. The molecule has 7 heteroatoms. The zero-order valence-electron chi connectivity index (χ0n) is 13.7. The minimum absolute atomic E-state index is 0.119. The highest BCUT2D eigenvalue weighted by Crippen LogP contribution is 2.36. The molecule has 130 valence electrons. The molecule has 0 saturated carbocycles. The van der Waals surface area contributed by atoms with Crippen molar-refractivity contribution in [2.45, 2.75) is 35.0 Å². The van der Waals surface area contributed by atoms with Gasteiger partial charge in [-0.25, -0.2) is 0 Å². The van der Waals surface area contributed by atoms with Crippen LogP contribution in [0.3, 0.4) is 0 Å². The summed E-state index contributed by atoms with van der Waals surface area (Å²) in [5, 5.41) is 12.9. The van der Waals surface area contributed by atoms with Gasteiger partial charge in [0, 0.05) is 51.0 Å². The molecule has 24 heavy (non-hydrogen) atoms. The first-order valence-electron chi connectivity index (χ1n) is 8.07. The third-order valence-corrected chi connectivity index (χ3v) is 5.72. The zero-order chi connectivity index (χ0) is 17.2. The van der Waals surface area contributed by atoms with Crippen molar-refractivity contribution in [1.29, 1.82) is 0 Å². The second-order valence-corrected chi connectivity index (χ2v) is 7.63. The largest absolute Gasteiger partial charge is 0.388 e. The maximum Gasteiger partial charge on any atom is 0.238 e. The van der Waals surface area contributed by atoms with Gasteiger partial charge in [-0.1, -0.05) is 12.1 Å². The third-order valence-electron chi connectivity index (χ3n) is 4.45. The van der Waals surface area contributed by atoms with Gasteiger partial charge in [-0.2, -0.15) is 0 Å². The van der Waals surface area contributed by atoms with Gasteiger partial charge in [-0.3, -0.25) is 9.59 Å². The van der Waals surface area contributed by atoms with Crippen LogP contribution in [0.1, 0.15) is 19.3 Å². The molecule has 1 unspecified atom stereocenters. The Morgan fingerprint density at radius 1 is 1.42 bits per heavy atom. The number of benzene rings is 1. The Hall–Kier alpha value is -1.57. The predicted octanol–water partition coefficient (Wildman–Crippen LogP) is 1.49. The second-order valence-electron chi connectivity index (χ2n) is 6.38. The lowest BCUT2D eigenvalue weighted by Crippen LogP contribution is -2.48. The van der Waals surface area contributed by atoms with E-state index in [1.54, 1.807) is 7.05 Å². The van der Waals surface area contributed by atoms with Crippen molar-refractivity contribution in [1.82, 2.24) is 4.90 Å². The van der Waals surface area contributed by atoms with E-state index in [1.807, 2.05) is 24.3 Å². The lowest BCUT2D eigenvalue weighted by molar-refractivity contribution is -0.137. The summed E-state index contributed by atoms with van der Waals surface area (Å²) in [6.45, 7) is 1.29. The molecule has 0 aliphatic carbocycles.